The van der Waals surface area contributed by atoms with Crippen molar-refractivity contribution in [3.05, 3.63) is 40.8 Å². The van der Waals surface area contributed by atoms with Crippen LogP contribution in [-0.2, 0) is 6.18 Å². The molecule has 6 nitrogen and oxygen atoms in total. The summed E-state index contributed by atoms with van der Waals surface area (Å²) in [6.45, 7) is 1.53. The zero-order valence-electron chi connectivity index (χ0n) is 14.7. The first-order chi connectivity index (χ1) is 12.3. The summed E-state index contributed by atoms with van der Waals surface area (Å²) in [5, 5.41) is 6.78. The van der Waals surface area contributed by atoms with Crippen molar-refractivity contribution in [2.45, 2.75) is 12.6 Å². The van der Waals surface area contributed by atoms with Crippen LogP contribution < -0.4 is 5.32 Å². The number of halogens is 6. The van der Waals surface area contributed by atoms with E-state index in [1.165, 1.54) is 23.2 Å². The highest BCUT2D eigenvalue weighted by atomic mass is 35.5. The smallest absolute Gasteiger partial charge is 0.338 e. The summed E-state index contributed by atoms with van der Waals surface area (Å²) in [6.07, 6.45) is -1.80. The summed E-state index contributed by atoms with van der Waals surface area (Å²) in [5.41, 5.74) is -1.66. The number of carbonyl (C=O) groups excluding carboxylic acids is 1. The number of pyridine rings is 1. The van der Waals surface area contributed by atoms with E-state index in [0.29, 0.717) is 24.3 Å². The molecular weight excluding hydrogens is 442 g/mol. The molecule has 1 atom stereocenters. The molecule has 0 radical (unpaired) electrons. The molecule has 0 aromatic carbocycles. The lowest BCUT2D eigenvalue weighted by Crippen LogP contribution is -2.32. The molecule has 1 aliphatic heterocycles. The van der Waals surface area contributed by atoms with Crippen molar-refractivity contribution < 1.29 is 18.0 Å². The molecule has 3 heterocycles. The van der Waals surface area contributed by atoms with Crippen LogP contribution >= 0.6 is 36.4 Å². The predicted molar refractivity (Wildman–Crippen MR) is 104 cm³/mol. The minimum atomic E-state index is -4.79. The SMILES string of the molecule is CNCC1CCN(C(=O)c2cnn(-c3ncccc3Cl)c2C(F)(F)F)C1.Cl.Cl. The highest BCUT2D eigenvalue weighted by molar-refractivity contribution is 6.32. The lowest BCUT2D eigenvalue weighted by molar-refractivity contribution is -0.143. The van der Waals surface area contributed by atoms with Crippen LogP contribution in [0.2, 0.25) is 5.02 Å². The minimum absolute atomic E-state index is 0. The highest BCUT2D eigenvalue weighted by Crippen LogP contribution is 2.35. The maximum atomic E-state index is 13.7. The second-order valence-corrected chi connectivity index (χ2v) is 6.50. The van der Waals surface area contributed by atoms with Gasteiger partial charge in [-0.25, -0.2) is 9.67 Å². The zero-order valence-corrected chi connectivity index (χ0v) is 17.1. The third-order valence-electron chi connectivity index (χ3n) is 4.27. The van der Waals surface area contributed by atoms with E-state index in [-0.39, 0.29) is 41.6 Å². The van der Waals surface area contributed by atoms with E-state index in [4.69, 9.17) is 11.6 Å². The van der Waals surface area contributed by atoms with Crippen LogP contribution in [0.4, 0.5) is 13.2 Å². The van der Waals surface area contributed by atoms with E-state index >= 15 is 0 Å². The molecule has 12 heteroatoms. The normalized spacial score (nSPS) is 16.5. The van der Waals surface area contributed by atoms with Gasteiger partial charge in [-0.15, -0.1) is 24.8 Å². The first-order valence-electron chi connectivity index (χ1n) is 8.03. The molecule has 2 aromatic heterocycles. The van der Waals surface area contributed by atoms with E-state index in [9.17, 15) is 18.0 Å². The standard InChI is InChI=1S/C16H17ClF3N5O.2ClH/c1-21-7-10-4-6-24(9-10)15(26)11-8-23-25(13(11)16(18,19)20)14-12(17)3-2-5-22-14;;/h2-3,5,8,10,21H,4,6-7,9H2,1H3;2*1H. The Morgan fingerprint density at radius 3 is 2.71 bits per heavy atom. The van der Waals surface area contributed by atoms with Gasteiger partial charge in [-0.1, -0.05) is 11.6 Å². The quantitative estimate of drug-likeness (QED) is 0.759. The summed E-state index contributed by atoms with van der Waals surface area (Å²) in [4.78, 5) is 18.0. The van der Waals surface area contributed by atoms with Crippen LogP contribution in [0.15, 0.2) is 24.5 Å². The van der Waals surface area contributed by atoms with Crippen molar-refractivity contribution in [2.75, 3.05) is 26.7 Å². The second-order valence-electron chi connectivity index (χ2n) is 6.09. The Hall–Kier alpha value is -1.55. The third-order valence-corrected chi connectivity index (χ3v) is 4.57. The van der Waals surface area contributed by atoms with Gasteiger partial charge in [-0.05, 0) is 38.1 Å². The molecule has 0 bridgehead atoms. The van der Waals surface area contributed by atoms with Crippen LogP contribution in [0.3, 0.4) is 0 Å². The lowest BCUT2D eigenvalue weighted by atomic mass is 10.1. The number of hydrogen-bond acceptors (Lipinski definition) is 4. The Morgan fingerprint density at radius 2 is 2.11 bits per heavy atom. The van der Waals surface area contributed by atoms with Gasteiger partial charge in [0.2, 0.25) is 0 Å². The van der Waals surface area contributed by atoms with Crippen molar-refractivity contribution >= 4 is 42.3 Å². The largest absolute Gasteiger partial charge is 0.434 e. The number of likely N-dealkylation sites (tertiary alicyclic amines) is 1. The summed E-state index contributed by atoms with van der Waals surface area (Å²) < 4.78 is 41.7. The molecule has 0 saturated carbocycles. The molecule has 2 aromatic rings. The van der Waals surface area contributed by atoms with E-state index in [2.05, 4.69) is 15.4 Å². The molecule has 3 rings (SSSR count). The highest BCUT2D eigenvalue weighted by Gasteiger charge is 2.42. The molecular formula is C16H19Cl3F3N5O. The van der Waals surface area contributed by atoms with E-state index in [0.717, 1.165) is 12.6 Å². The molecule has 1 N–H and O–H groups in total. The van der Waals surface area contributed by atoms with Crippen molar-refractivity contribution in [3.63, 3.8) is 0 Å². The average Bonchev–Trinajstić information content (AvgIpc) is 3.21. The fourth-order valence-electron chi connectivity index (χ4n) is 3.11. The van der Waals surface area contributed by atoms with Gasteiger partial charge in [0.1, 0.15) is 0 Å². The van der Waals surface area contributed by atoms with Crippen LogP contribution in [0.1, 0.15) is 22.5 Å². The number of nitrogens with zero attached hydrogens (tertiary/aromatic N) is 4. The molecule has 1 saturated heterocycles. The van der Waals surface area contributed by atoms with E-state index in [1.807, 2.05) is 0 Å². The van der Waals surface area contributed by atoms with Crippen LogP contribution in [0, 0.1) is 5.92 Å². The maximum absolute atomic E-state index is 13.7. The number of rotatable bonds is 4. The van der Waals surface area contributed by atoms with Crippen LogP contribution in [0.5, 0.6) is 0 Å². The fourth-order valence-corrected chi connectivity index (χ4v) is 3.32. The first-order valence-corrected chi connectivity index (χ1v) is 8.40. The monoisotopic (exact) mass is 459 g/mol. The second kappa shape index (κ2) is 9.78. The number of alkyl halides is 3. The molecule has 0 aliphatic carbocycles. The third kappa shape index (κ3) is 4.89. The summed E-state index contributed by atoms with van der Waals surface area (Å²) in [6, 6.07) is 2.91. The number of nitrogens with one attached hydrogen (secondary N) is 1. The number of hydrogen-bond donors (Lipinski definition) is 1. The van der Waals surface area contributed by atoms with E-state index < -0.39 is 23.3 Å². The Kier molecular flexibility index (Phi) is 8.55. The Labute approximate surface area is 177 Å². The van der Waals surface area contributed by atoms with Crippen LogP contribution in [-0.4, -0.2) is 52.3 Å². The average molecular weight is 461 g/mol. The summed E-state index contributed by atoms with van der Waals surface area (Å²) in [7, 11) is 1.80. The van der Waals surface area contributed by atoms with Gasteiger partial charge in [0.05, 0.1) is 16.8 Å². The van der Waals surface area contributed by atoms with Crippen molar-refractivity contribution in [1.29, 1.82) is 0 Å². The van der Waals surface area contributed by atoms with E-state index in [1.54, 1.807) is 7.05 Å². The maximum Gasteiger partial charge on any atom is 0.434 e. The van der Waals surface area contributed by atoms with Gasteiger partial charge in [0.15, 0.2) is 11.5 Å². The molecule has 0 spiro atoms. The van der Waals surface area contributed by atoms with Gasteiger partial charge in [-0.3, -0.25) is 4.79 Å². The van der Waals surface area contributed by atoms with Gasteiger partial charge in [0.25, 0.3) is 5.91 Å². The van der Waals surface area contributed by atoms with Crippen LogP contribution in [0.25, 0.3) is 5.82 Å². The zero-order chi connectivity index (χ0) is 18.9. The molecule has 28 heavy (non-hydrogen) atoms. The van der Waals surface area contributed by atoms with Gasteiger partial charge in [-0.2, -0.15) is 18.3 Å². The Balaban J connectivity index is 0.00000196. The van der Waals surface area contributed by atoms with Crippen molar-refractivity contribution in [2.24, 2.45) is 5.92 Å². The summed E-state index contributed by atoms with van der Waals surface area (Å²) in [5.74, 6) is -0.636. The number of aromatic nitrogens is 3. The molecule has 1 aliphatic rings. The molecule has 156 valence electrons. The van der Waals surface area contributed by atoms with Crippen molar-refractivity contribution in [3.8, 4) is 5.82 Å². The fraction of sp³-hybridized carbons (Fsp3) is 0.438. The van der Waals surface area contributed by atoms with Gasteiger partial charge < -0.3 is 10.2 Å². The van der Waals surface area contributed by atoms with Gasteiger partial charge >= 0.3 is 6.18 Å². The summed E-state index contributed by atoms with van der Waals surface area (Å²) >= 11 is 5.96. The van der Waals surface area contributed by atoms with Crippen molar-refractivity contribution in [1.82, 2.24) is 25.0 Å². The topological polar surface area (TPSA) is 63.1 Å². The minimum Gasteiger partial charge on any atom is -0.338 e. The predicted octanol–water partition coefficient (Wildman–Crippen LogP) is 3.46. The number of amides is 1. The molecule has 1 unspecified atom stereocenters. The number of carbonyl (C=O) groups is 1. The molecule has 1 fully saturated rings. The first kappa shape index (κ1) is 24.5. The Bertz CT molecular complexity index is 815. The van der Waals surface area contributed by atoms with Gasteiger partial charge in [0, 0.05) is 19.3 Å². The lowest BCUT2D eigenvalue weighted by Gasteiger charge is -2.18. The Morgan fingerprint density at radius 1 is 1.39 bits per heavy atom. The molecule has 1 amide bonds.